The lowest BCUT2D eigenvalue weighted by atomic mass is 10.3. The number of ether oxygens (including phenoxy) is 2. The van der Waals surface area contributed by atoms with Crippen LogP contribution in [0.3, 0.4) is 0 Å². The van der Waals surface area contributed by atoms with E-state index in [1.165, 1.54) is 0 Å². The number of hydrogen-bond donors (Lipinski definition) is 1. The van der Waals surface area contributed by atoms with E-state index in [9.17, 15) is 0 Å². The molecule has 2 N–H and O–H groups in total. The van der Waals surface area contributed by atoms with Crippen molar-refractivity contribution in [3.05, 3.63) is 28.7 Å². The van der Waals surface area contributed by atoms with Gasteiger partial charge in [0.2, 0.25) is 5.95 Å². The van der Waals surface area contributed by atoms with E-state index >= 15 is 0 Å². The Morgan fingerprint density at radius 3 is 2.32 bits per heavy atom. The second kappa shape index (κ2) is 5.83. The lowest BCUT2D eigenvalue weighted by Gasteiger charge is -2.09. The first kappa shape index (κ1) is 13.5. The van der Waals surface area contributed by atoms with Crippen LogP contribution in [0.2, 0.25) is 0 Å². The molecule has 0 aliphatic rings. The molecular formula is C12H13BrN4O2. The van der Waals surface area contributed by atoms with Crippen molar-refractivity contribution in [2.45, 2.75) is 20.0 Å². The molecule has 0 spiro atoms. The molecule has 1 heterocycles. The van der Waals surface area contributed by atoms with Crippen molar-refractivity contribution in [1.29, 1.82) is 0 Å². The molecule has 0 atom stereocenters. The van der Waals surface area contributed by atoms with Crippen molar-refractivity contribution in [2.75, 3.05) is 5.73 Å². The first-order valence-corrected chi connectivity index (χ1v) is 6.44. The lowest BCUT2D eigenvalue weighted by molar-refractivity contribution is 0.219. The summed E-state index contributed by atoms with van der Waals surface area (Å²) in [6.45, 7) is 3.74. The van der Waals surface area contributed by atoms with E-state index in [-0.39, 0.29) is 24.1 Å². The molecule has 2 aromatic rings. The molecule has 1 aromatic heterocycles. The molecule has 100 valence electrons. The van der Waals surface area contributed by atoms with Gasteiger partial charge in [0.05, 0.1) is 6.10 Å². The SMILES string of the molecule is CC(C)Oc1nc(N)nc(Oc2ccc(Br)cc2)n1. The Bertz CT molecular complexity index is 560. The molecule has 0 aliphatic heterocycles. The number of nitrogens with zero attached hydrogens (tertiary/aromatic N) is 3. The standard InChI is InChI=1S/C12H13BrN4O2/c1-7(2)18-11-15-10(14)16-12(17-11)19-9-5-3-8(13)4-6-9/h3-7H,1-2H3,(H2,14,15,16,17). The van der Waals surface area contributed by atoms with E-state index in [1.807, 2.05) is 26.0 Å². The Morgan fingerprint density at radius 2 is 1.68 bits per heavy atom. The largest absolute Gasteiger partial charge is 0.461 e. The third-order valence-corrected chi connectivity index (χ3v) is 2.50. The van der Waals surface area contributed by atoms with E-state index in [2.05, 4.69) is 30.9 Å². The van der Waals surface area contributed by atoms with E-state index < -0.39 is 0 Å². The van der Waals surface area contributed by atoms with Gasteiger partial charge in [0.1, 0.15) is 5.75 Å². The minimum Gasteiger partial charge on any atom is -0.461 e. The number of nitrogen functional groups attached to an aromatic ring is 1. The topological polar surface area (TPSA) is 83.2 Å². The van der Waals surface area contributed by atoms with E-state index in [0.717, 1.165) is 4.47 Å². The van der Waals surface area contributed by atoms with Gasteiger partial charge >= 0.3 is 12.0 Å². The Balaban J connectivity index is 2.19. The van der Waals surface area contributed by atoms with Crippen LogP contribution >= 0.6 is 15.9 Å². The predicted molar refractivity (Wildman–Crippen MR) is 74.2 cm³/mol. The molecule has 0 saturated carbocycles. The molecule has 0 radical (unpaired) electrons. The maximum absolute atomic E-state index is 5.58. The van der Waals surface area contributed by atoms with E-state index in [4.69, 9.17) is 15.2 Å². The van der Waals surface area contributed by atoms with Gasteiger partial charge in [-0.3, -0.25) is 0 Å². The lowest BCUT2D eigenvalue weighted by Crippen LogP contribution is -2.10. The summed E-state index contributed by atoms with van der Waals surface area (Å²) in [6, 6.07) is 7.52. The van der Waals surface area contributed by atoms with Gasteiger partial charge in [-0.15, -0.1) is 4.98 Å². The average Bonchev–Trinajstić information content (AvgIpc) is 2.30. The summed E-state index contributed by atoms with van der Waals surface area (Å²) in [6.07, 6.45) is -0.0534. The molecule has 0 unspecified atom stereocenters. The van der Waals surface area contributed by atoms with E-state index in [1.54, 1.807) is 12.1 Å². The van der Waals surface area contributed by atoms with Crippen LogP contribution in [0.15, 0.2) is 28.7 Å². The smallest absolute Gasteiger partial charge is 0.330 e. The van der Waals surface area contributed by atoms with Crippen LogP contribution in [0.5, 0.6) is 17.8 Å². The highest BCUT2D eigenvalue weighted by atomic mass is 79.9. The van der Waals surface area contributed by atoms with Gasteiger partial charge in [0.25, 0.3) is 0 Å². The van der Waals surface area contributed by atoms with Crippen LogP contribution in [0.4, 0.5) is 5.95 Å². The Labute approximate surface area is 119 Å². The first-order valence-electron chi connectivity index (χ1n) is 5.64. The van der Waals surface area contributed by atoms with Crippen molar-refractivity contribution in [1.82, 2.24) is 15.0 Å². The normalized spacial score (nSPS) is 10.5. The van der Waals surface area contributed by atoms with Crippen molar-refractivity contribution < 1.29 is 9.47 Å². The Morgan fingerprint density at radius 1 is 1.05 bits per heavy atom. The van der Waals surface area contributed by atoms with Gasteiger partial charge in [-0.1, -0.05) is 15.9 Å². The predicted octanol–water partition coefficient (Wildman–Crippen LogP) is 2.80. The summed E-state index contributed by atoms with van der Waals surface area (Å²) in [5, 5.41) is 0. The molecule has 7 heteroatoms. The summed E-state index contributed by atoms with van der Waals surface area (Å²) in [5.74, 6) is 0.655. The van der Waals surface area contributed by atoms with Gasteiger partial charge in [0.15, 0.2) is 0 Å². The zero-order chi connectivity index (χ0) is 13.8. The molecule has 2 rings (SSSR count). The number of halogens is 1. The highest BCUT2D eigenvalue weighted by Gasteiger charge is 2.09. The molecule has 0 saturated heterocycles. The van der Waals surface area contributed by atoms with Crippen molar-refractivity contribution in [3.63, 3.8) is 0 Å². The Hall–Kier alpha value is -1.89. The molecule has 0 fully saturated rings. The second-order valence-corrected chi connectivity index (χ2v) is 4.90. The quantitative estimate of drug-likeness (QED) is 0.931. The average molecular weight is 325 g/mol. The molecule has 0 amide bonds. The summed E-state index contributed by atoms with van der Waals surface area (Å²) in [5.41, 5.74) is 5.58. The molecule has 6 nitrogen and oxygen atoms in total. The van der Waals surface area contributed by atoms with Crippen LogP contribution in [0, 0.1) is 0 Å². The summed E-state index contributed by atoms with van der Waals surface area (Å²) in [4.78, 5) is 11.8. The molecule has 19 heavy (non-hydrogen) atoms. The van der Waals surface area contributed by atoms with Gasteiger partial charge in [-0.2, -0.15) is 9.97 Å². The number of aromatic nitrogens is 3. The maximum atomic E-state index is 5.58. The number of rotatable bonds is 4. The van der Waals surface area contributed by atoms with Crippen molar-refractivity contribution >= 4 is 21.9 Å². The first-order chi connectivity index (χ1) is 9.02. The zero-order valence-corrected chi connectivity index (χ0v) is 12.1. The number of benzene rings is 1. The molecule has 1 aromatic carbocycles. The van der Waals surface area contributed by atoms with E-state index in [0.29, 0.717) is 5.75 Å². The monoisotopic (exact) mass is 324 g/mol. The third-order valence-electron chi connectivity index (χ3n) is 1.98. The number of hydrogen-bond acceptors (Lipinski definition) is 6. The minimum atomic E-state index is -0.0534. The van der Waals surface area contributed by atoms with Gasteiger partial charge in [0, 0.05) is 4.47 Å². The van der Waals surface area contributed by atoms with Gasteiger partial charge < -0.3 is 15.2 Å². The second-order valence-electron chi connectivity index (χ2n) is 3.98. The highest BCUT2D eigenvalue weighted by Crippen LogP contribution is 2.22. The summed E-state index contributed by atoms with van der Waals surface area (Å²) in [7, 11) is 0. The number of anilines is 1. The molecule has 0 bridgehead atoms. The van der Waals surface area contributed by atoms with Crippen LogP contribution in [0.25, 0.3) is 0 Å². The summed E-state index contributed by atoms with van der Waals surface area (Å²) >= 11 is 3.34. The van der Waals surface area contributed by atoms with Crippen LogP contribution in [-0.4, -0.2) is 21.1 Å². The maximum Gasteiger partial charge on any atom is 0.330 e. The highest BCUT2D eigenvalue weighted by molar-refractivity contribution is 9.10. The van der Waals surface area contributed by atoms with Crippen LogP contribution < -0.4 is 15.2 Å². The number of nitrogens with two attached hydrogens (primary N) is 1. The minimum absolute atomic E-state index is 0.0534. The van der Waals surface area contributed by atoms with Crippen molar-refractivity contribution in [3.8, 4) is 17.8 Å². The zero-order valence-electron chi connectivity index (χ0n) is 10.5. The Kier molecular flexibility index (Phi) is 4.16. The molecule has 0 aliphatic carbocycles. The fourth-order valence-corrected chi connectivity index (χ4v) is 1.53. The van der Waals surface area contributed by atoms with Crippen LogP contribution in [0.1, 0.15) is 13.8 Å². The molecular weight excluding hydrogens is 312 g/mol. The third kappa shape index (κ3) is 4.06. The van der Waals surface area contributed by atoms with Gasteiger partial charge in [-0.05, 0) is 38.1 Å². The van der Waals surface area contributed by atoms with Crippen molar-refractivity contribution in [2.24, 2.45) is 0 Å². The fraction of sp³-hybridized carbons (Fsp3) is 0.250. The van der Waals surface area contributed by atoms with Gasteiger partial charge in [-0.25, -0.2) is 0 Å². The summed E-state index contributed by atoms with van der Waals surface area (Å²) < 4.78 is 11.8. The van der Waals surface area contributed by atoms with Crippen LogP contribution in [-0.2, 0) is 0 Å². The fourth-order valence-electron chi connectivity index (χ4n) is 1.27.